The van der Waals surface area contributed by atoms with E-state index in [9.17, 15) is 5.11 Å². The van der Waals surface area contributed by atoms with Crippen LogP contribution in [0.15, 0.2) is 18.2 Å². The third kappa shape index (κ3) is 5.68. The van der Waals surface area contributed by atoms with Gasteiger partial charge in [-0.25, -0.2) is 0 Å². The molecule has 0 amide bonds. The number of hydrogen-bond donors (Lipinski definition) is 2. The van der Waals surface area contributed by atoms with Crippen molar-refractivity contribution in [3.05, 3.63) is 23.8 Å². The predicted molar refractivity (Wildman–Crippen MR) is 92.3 cm³/mol. The van der Waals surface area contributed by atoms with Crippen molar-refractivity contribution in [2.24, 2.45) is 0 Å². The van der Waals surface area contributed by atoms with Crippen LogP contribution in [0.25, 0.3) is 0 Å². The van der Waals surface area contributed by atoms with Gasteiger partial charge in [-0.2, -0.15) is 0 Å². The first-order chi connectivity index (χ1) is 11.2. The Morgan fingerprint density at radius 1 is 1.13 bits per heavy atom. The fourth-order valence-electron chi connectivity index (χ4n) is 2.68. The molecule has 0 aliphatic carbocycles. The van der Waals surface area contributed by atoms with Gasteiger partial charge in [0.05, 0.1) is 19.3 Å². The van der Waals surface area contributed by atoms with E-state index < -0.39 is 6.10 Å². The third-order valence-electron chi connectivity index (χ3n) is 3.92. The van der Waals surface area contributed by atoms with Gasteiger partial charge >= 0.3 is 0 Å². The zero-order valence-electron chi connectivity index (χ0n) is 14.4. The fraction of sp³-hybridized carbons (Fsp3) is 0.667. The van der Waals surface area contributed by atoms with Crippen LogP contribution < -0.4 is 14.8 Å². The normalized spacial score (nSPS) is 17.0. The highest BCUT2D eigenvalue weighted by Crippen LogP contribution is 2.30. The number of piperazine rings is 1. The van der Waals surface area contributed by atoms with Gasteiger partial charge in [0.25, 0.3) is 0 Å². The van der Waals surface area contributed by atoms with Crippen LogP contribution in [0.2, 0.25) is 0 Å². The van der Waals surface area contributed by atoms with E-state index in [4.69, 9.17) is 9.47 Å². The Morgan fingerprint density at radius 3 is 2.52 bits per heavy atom. The van der Waals surface area contributed by atoms with Crippen molar-refractivity contribution in [1.82, 2.24) is 10.2 Å². The smallest absolute Gasteiger partial charge is 0.125 e. The van der Waals surface area contributed by atoms with E-state index >= 15 is 0 Å². The Morgan fingerprint density at radius 2 is 1.83 bits per heavy atom. The molecule has 0 aromatic heterocycles. The molecular formula is C18H30N2O3. The van der Waals surface area contributed by atoms with Crippen molar-refractivity contribution in [3.8, 4) is 11.5 Å². The molecule has 1 heterocycles. The van der Waals surface area contributed by atoms with Crippen LogP contribution in [0.3, 0.4) is 0 Å². The van der Waals surface area contributed by atoms with E-state index in [0.717, 1.165) is 56.1 Å². The highest BCUT2D eigenvalue weighted by atomic mass is 16.5. The van der Waals surface area contributed by atoms with Crippen molar-refractivity contribution in [3.63, 3.8) is 0 Å². The minimum absolute atomic E-state index is 0.565. The number of hydrogen-bond acceptors (Lipinski definition) is 5. The molecule has 1 atom stereocenters. The van der Waals surface area contributed by atoms with Crippen LogP contribution in [-0.4, -0.2) is 55.9 Å². The lowest BCUT2D eigenvalue weighted by Gasteiger charge is -2.29. The van der Waals surface area contributed by atoms with Crippen molar-refractivity contribution >= 4 is 0 Å². The minimum Gasteiger partial charge on any atom is -0.494 e. The number of β-amino-alcohol motifs (C(OH)–C–C–N with tert-alkyl or cyclic N) is 1. The molecule has 23 heavy (non-hydrogen) atoms. The molecule has 1 aromatic rings. The maximum absolute atomic E-state index is 10.7. The molecule has 1 saturated heterocycles. The Kier molecular flexibility index (Phi) is 7.65. The average molecular weight is 322 g/mol. The second-order valence-electron chi connectivity index (χ2n) is 5.96. The van der Waals surface area contributed by atoms with Gasteiger partial charge in [0.2, 0.25) is 0 Å². The van der Waals surface area contributed by atoms with Crippen molar-refractivity contribution in [2.75, 3.05) is 45.9 Å². The van der Waals surface area contributed by atoms with E-state index in [1.807, 2.05) is 18.2 Å². The highest BCUT2D eigenvalue weighted by Gasteiger charge is 2.19. The molecule has 1 aliphatic heterocycles. The fourth-order valence-corrected chi connectivity index (χ4v) is 2.68. The monoisotopic (exact) mass is 322 g/mol. The molecule has 1 aromatic carbocycles. The number of nitrogens with one attached hydrogen (secondary N) is 1. The second-order valence-corrected chi connectivity index (χ2v) is 5.96. The van der Waals surface area contributed by atoms with E-state index in [0.29, 0.717) is 19.8 Å². The van der Waals surface area contributed by atoms with E-state index in [2.05, 4.69) is 24.1 Å². The van der Waals surface area contributed by atoms with E-state index in [1.54, 1.807) is 0 Å². The number of benzene rings is 1. The molecule has 5 heteroatoms. The first-order valence-corrected chi connectivity index (χ1v) is 8.75. The maximum Gasteiger partial charge on any atom is 0.125 e. The summed E-state index contributed by atoms with van der Waals surface area (Å²) in [6, 6.07) is 5.76. The van der Waals surface area contributed by atoms with Crippen molar-refractivity contribution in [1.29, 1.82) is 0 Å². The Bertz CT molecular complexity index is 462. The molecule has 1 unspecified atom stereocenters. The van der Waals surface area contributed by atoms with Crippen LogP contribution in [0.1, 0.15) is 38.4 Å². The summed E-state index contributed by atoms with van der Waals surface area (Å²) >= 11 is 0. The summed E-state index contributed by atoms with van der Waals surface area (Å²) in [5, 5.41) is 14.0. The molecule has 0 radical (unpaired) electrons. The Hall–Kier alpha value is -1.30. The van der Waals surface area contributed by atoms with Gasteiger partial charge in [0.15, 0.2) is 0 Å². The summed E-state index contributed by atoms with van der Waals surface area (Å²) in [6.07, 6.45) is 1.35. The summed E-state index contributed by atoms with van der Waals surface area (Å²) in [7, 11) is 0. The van der Waals surface area contributed by atoms with E-state index in [1.165, 1.54) is 0 Å². The molecule has 2 N–H and O–H groups in total. The molecular weight excluding hydrogens is 292 g/mol. The molecule has 1 fully saturated rings. The van der Waals surface area contributed by atoms with Crippen LogP contribution >= 0.6 is 0 Å². The molecule has 0 spiro atoms. The Balaban J connectivity index is 2.09. The number of aliphatic hydroxyl groups is 1. The van der Waals surface area contributed by atoms with Gasteiger partial charge in [-0.1, -0.05) is 13.8 Å². The maximum atomic E-state index is 10.7. The number of nitrogens with zero attached hydrogens (tertiary/aromatic N) is 1. The van der Waals surface area contributed by atoms with Crippen LogP contribution in [0, 0.1) is 0 Å². The Labute approximate surface area is 139 Å². The largest absolute Gasteiger partial charge is 0.494 e. The molecule has 130 valence electrons. The highest BCUT2D eigenvalue weighted by molar-refractivity contribution is 5.42. The summed E-state index contributed by atoms with van der Waals surface area (Å²) in [4.78, 5) is 2.28. The minimum atomic E-state index is -0.565. The summed E-state index contributed by atoms with van der Waals surface area (Å²) in [5.41, 5.74) is 0.825. The van der Waals surface area contributed by atoms with Gasteiger partial charge < -0.3 is 19.9 Å². The number of ether oxygens (including phenoxy) is 2. The quantitative estimate of drug-likeness (QED) is 0.730. The van der Waals surface area contributed by atoms with Gasteiger partial charge in [0.1, 0.15) is 11.5 Å². The molecule has 2 rings (SSSR count). The zero-order valence-corrected chi connectivity index (χ0v) is 14.4. The van der Waals surface area contributed by atoms with Gasteiger partial charge in [-0.05, 0) is 31.0 Å². The van der Waals surface area contributed by atoms with Crippen LogP contribution in [0.5, 0.6) is 11.5 Å². The lowest BCUT2D eigenvalue weighted by atomic mass is 10.1. The van der Waals surface area contributed by atoms with Gasteiger partial charge in [-0.3, -0.25) is 4.90 Å². The lowest BCUT2D eigenvalue weighted by molar-refractivity contribution is 0.102. The molecule has 0 saturated carbocycles. The van der Waals surface area contributed by atoms with Gasteiger partial charge in [0, 0.05) is 38.3 Å². The predicted octanol–water partition coefficient (Wildman–Crippen LogP) is 2.20. The summed E-state index contributed by atoms with van der Waals surface area (Å²) < 4.78 is 11.5. The van der Waals surface area contributed by atoms with Crippen LogP contribution in [0.4, 0.5) is 0 Å². The molecule has 5 nitrogen and oxygen atoms in total. The second kappa shape index (κ2) is 9.75. The SMILES string of the molecule is CCCOc1ccc(OCCC)c(C(O)CN2CCNCC2)c1. The average Bonchev–Trinajstić information content (AvgIpc) is 2.59. The van der Waals surface area contributed by atoms with Crippen molar-refractivity contribution in [2.45, 2.75) is 32.8 Å². The lowest BCUT2D eigenvalue weighted by Crippen LogP contribution is -2.45. The molecule has 0 bridgehead atoms. The first kappa shape index (κ1) is 18.0. The number of aliphatic hydroxyl groups excluding tert-OH is 1. The van der Waals surface area contributed by atoms with Gasteiger partial charge in [-0.15, -0.1) is 0 Å². The number of rotatable bonds is 9. The summed E-state index contributed by atoms with van der Waals surface area (Å²) in [6.45, 7) is 10.0. The first-order valence-electron chi connectivity index (χ1n) is 8.75. The third-order valence-corrected chi connectivity index (χ3v) is 3.92. The van der Waals surface area contributed by atoms with E-state index in [-0.39, 0.29) is 0 Å². The summed E-state index contributed by atoms with van der Waals surface area (Å²) in [5.74, 6) is 1.56. The molecule has 1 aliphatic rings. The standard InChI is InChI=1S/C18H30N2O3/c1-3-11-22-15-5-6-18(23-12-4-2)16(13-15)17(21)14-20-9-7-19-8-10-20/h5-6,13,17,19,21H,3-4,7-12,14H2,1-2H3. The zero-order chi connectivity index (χ0) is 16.5. The topological polar surface area (TPSA) is 54.0 Å². The van der Waals surface area contributed by atoms with Crippen molar-refractivity contribution < 1.29 is 14.6 Å². The van der Waals surface area contributed by atoms with Crippen LogP contribution in [-0.2, 0) is 0 Å².